The van der Waals surface area contributed by atoms with Gasteiger partial charge in [0.05, 0.1) is 0 Å². The van der Waals surface area contributed by atoms with Crippen LogP contribution in [-0.2, 0) is 0 Å². The topological polar surface area (TPSA) is 130 Å². The Balaban J connectivity index is 0.00000217. The number of carbonyl (C=O) groups excluding carboxylic acids is 2. The van der Waals surface area contributed by atoms with Gasteiger partial charge in [0.15, 0.2) is 0 Å². The number of carbonyl (C=O) groups is 2. The van der Waals surface area contributed by atoms with Gasteiger partial charge < -0.3 is 36.2 Å². The average molecular weight is 671 g/mol. The lowest BCUT2D eigenvalue weighted by molar-refractivity contribution is 0.0942. The van der Waals surface area contributed by atoms with Crippen molar-refractivity contribution in [2.24, 2.45) is 0 Å². The van der Waals surface area contributed by atoms with Gasteiger partial charge in [0, 0.05) is 69.8 Å². The number of hydrogen-bond acceptors (Lipinski definition) is 4. The molecule has 0 aliphatic heterocycles. The van der Waals surface area contributed by atoms with Crippen LogP contribution in [0.2, 0.25) is 0 Å². The molecule has 0 radical (unpaired) electrons. The largest absolute Gasteiger partial charge is 0.355 e. The van der Waals surface area contributed by atoms with E-state index in [1.807, 2.05) is 38.4 Å². The van der Waals surface area contributed by atoms with Crippen LogP contribution in [0.3, 0.4) is 0 Å². The molecule has 9 nitrogen and oxygen atoms in total. The first-order valence-corrected chi connectivity index (χ1v) is 15.2. The summed E-state index contributed by atoms with van der Waals surface area (Å²) in [6.07, 6.45) is 0. The maximum Gasteiger partial charge on any atom is 0.267 e. The van der Waals surface area contributed by atoms with Crippen molar-refractivity contribution in [2.45, 2.75) is 0 Å². The fourth-order valence-corrected chi connectivity index (χ4v) is 5.92. The van der Waals surface area contributed by atoms with Crippen LogP contribution in [0.15, 0.2) is 84.9 Å². The van der Waals surface area contributed by atoms with Crippen LogP contribution in [0.4, 0.5) is 0 Å². The minimum atomic E-state index is -0.110. The van der Waals surface area contributed by atoms with Gasteiger partial charge in [0.25, 0.3) is 11.8 Å². The maximum atomic E-state index is 12.6. The predicted molar refractivity (Wildman–Crippen MR) is 197 cm³/mol. The van der Waals surface area contributed by atoms with Crippen LogP contribution in [0.5, 0.6) is 0 Å². The molecule has 7 aromatic rings. The SMILES string of the molecule is CNCCNC(=O)c1cc2cc(-c3ccc4[nH]c5ccc(-c6ccc7[nH]c(C(=O)NCCNC)cc7c6)cc5c4c3)ccc2[nH]1.Cl.Cl. The zero-order chi connectivity index (χ0) is 30.9. The van der Waals surface area contributed by atoms with Gasteiger partial charge in [-0.1, -0.05) is 24.3 Å². The Hall–Kier alpha value is -4.80. The normalized spacial score (nSPS) is 11.1. The first-order valence-electron chi connectivity index (χ1n) is 15.2. The number of H-pyrrole nitrogens is 3. The van der Waals surface area contributed by atoms with Crippen LogP contribution in [-0.4, -0.2) is 67.0 Å². The second-order valence-corrected chi connectivity index (χ2v) is 11.3. The van der Waals surface area contributed by atoms with Crippen molar-refractivity contribution >= 4 is 80.2 Å². The molecule has 3 heterocycles. The van der Waals surface area contributed by atoms with Gasteiger partial charge in [-0.3, -0.25) is 9.59 Å². The Morgan fingerprint density at radius 1 is 0.489 bits per heavy atom. The molecule has 3 aromatic heterocycles. The molecule has 0 aliphatic carbocycles. The summed E-state index contributed by atoms with van der Waals surface area (Å²) < 4.78 is 0. The van der Waals surface area contributed by atoms with Crippen LogP contribution in [0, 0.1) is 0 Å². The second-order valence-electron chi connectivity index (χ2n) is 11.3. The number of nitrogens with one attached hydrogen (secondary N) is 7. The molecule has 0 fully saturated rings. The quantitative estimate of drug-likeness (QED) is 0.0855. The van der Waals surface area contributed by atoms with Crippen molar-refractivity contribution in [3.05, 3.63) is 96.3 Å². The zero-order valence-corrected chi connectivity index (χ0v) is 27.7. The molecule has 4 aromatic carbocycles. The summed E-state index contributed by atoms with van der Waals surface area (Å²) in [5.74, 6) is -0.221. The van der Waals surface area contributed by atoms with E-state index in [9.17, 15) is 9.59 Å². The number of fused-ring (bicyclic) bond motifs is 5. The zero-order valence-electron chi connectivity index (χ0n) is 26.0. The minimum absolute atomic E-state index is 0. The van der Waals surface area contributed by atoms with Crippen molar-refractivity contribution in [2.75, 3.05) is 40.3 Å². The van der Waals surface area contributed by atoms with E-state index in [0.717, 1.165) is 65.9 Å². The number of halogens is 2. The summed E-state index contributed by atoms with van der Waals surface area (Å²) in [6, 6.07) is 29.3. The van der Waals surface area contributed by atoms with Gasteiger partial charge in [0.2, 0.25) is 0 Å². The molecule has 11 heteroatoms. The Labute approximate surface area is 284 Å². The van der Waals surface area contributed by atoms with E-state index in [-0.39, 0.29) is 36.6 Å². The first-order chi connectivity index (χ1) is 22.0. The number of benzene rings is 4. The summed E-state index contributed by atoms with van der Waals surface area (Å²) in [6.45, 7) is 2.57. The molecule has 0 unspecified atom stereocenters. The molecular weight excluding hydrogens is 633 g/mol. The van der Waals surface area contributed by atoms with Gasteiger partial charge in [-0.05, 0) is 97.0 Å². The lowest BCUT2D eigenvalue weighted by Crippen LogP contribution is -2.30. The van der Waals surface area contributed by atoms with Crippen molar-refractivity contribution < 1.29 is 9.59 Å². The summed E-state index contributed by atoms with van der Waals surface area (Å²) in [5.41, 5.74) is 9.48. The number of hydrogen-bond donors (Lipinski definition) is 7. The maximum absolute atomic E-state index is 12.6. The van der Waals surface area contributed by atoms with E-state index in [2.05, 4.69) is 96.9 Å². The fourth-order valence-electron chi connectivity index (χ4n) is 5.92. The molecule has 0 bridgehead atoms. The monoisotopic (exact) mass is 669 g/mol. The van der Waals surface area contributed by atoms with Crippen LogP contribution in [0.25, 0.3) is 65.9 Å². The van der Waals surface area contributed by atoms with Crippen molar-refractivity contribution in [1.82, 2.24) is 36.2 Å². The molecule has 7 rings (SSSR count). The third-order valence-electron chi connectivity index (χ3n) is 8.32. The number of aromatic nitrogens is 3. The van der Waals surface area contributed by atoms with E-state index < -0.39 is 0 Å². The Morgan fingerprint density at radius 2 is 0.872 bits per heavy atom. The summed E-state index contributed by atoms with van der Waals surface area (Å²) in [4.78, 5) is 35.2. The third-order valence-corrected chi connectivity index (χ3v) is 8.32. The van der Waals surface area contributed by atoms with E-state index in [1.54, 1.807) is 0 Å². The van der Waals surface area contributed by atoms with Gasteiger partial charge in [-0.2, -0.15) is 0 Å². The van der Waals surface area contributed by atoms with Gasteiger partial charge >= 0.3 is 0 Å². The average Bonchev–Trinajstić information content (AvgIpc) is 3.78. The van der Waals surface area contributed by atoms with Gasteiger partial charge in [0.1, 0.15) is 11.4 Å². The van der Waals surface area contributed by atoms with E-state index >= 15 is 0 Å². The van der Waals surface area contributed by atoms with Crippen LogP contribution >= 0.6 is 24.8 Å². The van der Waals surface area contributed by atoms with E-state index in [1.165, 1.54) is 0 Å². The Bertz CT molecular complexity index is 2060. The van der Waals surface area contributed by atoms with Gasteiger partial charge in [-0.15, -0.1) is 24.8 Å². The fraction of sp³-hybridized carbons (Fsp3) is 0.167. The highest BCUT2D eigenvalue weighted by Crippen LogP contribution is 2.34. The number of likely N-dealkylation sites (N-methyl/N-ethyl adjacent to an activating group) is 2. The Kier molecular flexibility index (Phi) is 10.2. The molecule has 47 heavy (non-hydrogen) atoms. The highest BCUT2D eigenvalue weighted by Gasteiger charge is 2.13. The van der Waals surface area contributed by atoms with Crippen molar-refractivity contribution in [3.8, 4) is 22.3 Å². The van der Waals surface area contributed by atoms with Crippen LogP contribution < -0.4 is 21.3 Å². The lowest BCUT2D eigenvalue weighted by atomic mass is 9.99. The molecule has 0 saturated heterocycles. The number of aromatic amines is 3. The van der Waals surface area contributed by atoms with Gasteiger partial charge in [-0.25, -0.2) is 0 Å². The first kappa shape index (κ1) is 33.6. The summed E-state index contributed by atoms with van der Waals surface area (Å²) >= 11 is 0. The molecule has 0 atom stereocenters. The molecule has 242 valence electrons. The van der Waals surface area contributed by atoms with Crippen molar-refractivity contribution in [1.29, 1.82) is 0 Å². The van der Waals surface area contributed by atoms with E-state index in [4.69, 9.17) is 0 Å². The smallest absolute Gasteiger partial charge is 0.267 e. The molecule has 0 aliphatic rings. The highest BCUT2D eigenvalue weighted by atomic mass is 35.5. The lowest BCUT2D eigenvalue weighted by Gasteiger charge is -2.04. The molecule has 0 saturated carbocycles. The Morgan fingerprint density at radius 3 is 1.28 bits per heavy atom. The highest BCUT2D eigenvalue weighted by molar-refractivity contribution is 6.10. The summed E-state index contributed by atoms with van der Waals surface area (Å²) in [5, 5.41) is 16.2. The summed E-state index contributed by atoms with van der Waals surface area (Å²) in [7, 11) is 3.72. The molecular formula is C36H37Cl2N7O2. The number of rotatable bonds is 10. The van der Waals surface area contributed by atoms with E-state index in [0.29, 0.717) is 37.6 Å². The predicted octanol–water partition coefficient (Wildman–Crippen LogP) is 6.36. The molecule has 7 N–H and O–H groups in total. The second kappa shape index (κ2) is 14.3. The molecule has 2 amide bonds. The minimum Gasteiger partial charge on any atom is -0.355 e. The standard InChI is InChI=1S/C36H35N7O2.2ClH/c1-37-11-13-39-35(44)33-19-25-15-21(3-7-29(25)41-33)23-5-9-31-27(17-23)28-18-24(6-10-32(28)43-31)22-4-8-30-26(16-22)20-34(42-30)36(45)40-14-12-38-2;;/h3-10,15-20,37-38,41-43H,11-14H2,1-2H3,(H,39,44)(H,40,45);2*1H. The number of amides is 2. The third kappa shape index (κ3) is 6.70. The van der Waals surface area contributed by atoms with Crippen molar-refractivity contribution in [3.63, 3.8) is 0 Å². The molecule has 0 spiro atoms. The van der Waals surface area contributed by atoms with Crippen LogP contribution in [0.1, 0.15) is 21.0 Å².